The molecule has 144 valence electrons. The molecule has 0 aliphatic carbocycles. The van der Waals surface area contributed by atoms with Gasteiger partial charge in [-0.2, -0.15) is 10.1 Å². The van der Waals surface area contributed by atoms with Crippen molar-refractivity contribution in [3.05, 3.63) is 108 Å². The molecule has 0 saturated carbocycles. The minimum absolute atomic E-state index is 0.265. The van der Waals surface area contributed by atoms with Gasteiger partial charge in [0.25, 0.3) is 0 Å². The van der Waals surface area contributed by atoms with Gasteiger partial charge in [0, 0.05) is 24.3 Å². The second kappa shape index (κ2) is 8.93. The average Bonchev–Trinajstić information content (AvgIpc) is 2.78. The third-order valence-corrected chi connectivity index (χ3v) is 4.47. The van der Waals surface area contributed by atoms with E-state index in [0.717, 1.165) is 11.3 Å². The SMILES string of the molecule is Fc1ccccc1CNc1nncc(N(Cc2ccccc2)c2ccccc2)n1. The van der Waals surface area contributed by atoms with Crippen molar-refractivity contribution in [1.29, 1.82) is 0 Å². The van der Waals surface area contributed by atoms with Gasteiger partial charge in [-0.05, 0) is 23.8 Å². The van der Waals surface area contributed by atoms with E-state index in [1.165, 1.54) is 6.07 Å². The van der Waals surface area contributed by atoms with Gasteiger partial charge in [-0.3, -0.25) is 0 Å². The van der Waals surface area contributed by atoms with Crippen LogP contribution >= 0.6 is 0 Å². The predicted octanol–water partition coefficient (Wildman–Crippen LogP) is 4.96. The van der Waals surface area contributed by atoms with Crippen LogP contribution in [0.15, 0.2) is 91.1 Å². The number of anilines is 3. The Morgan fingerprint density at radius 3 is 2.28 bits per heavy atom. The van der Waals surface area contributed by atoms with E-state index in [2.05, 4.69) is 37.5 Å². The molecule has 5 nitrogen and oxygen atoms in total. The molecule has 0 aliphatic rings. The van der Waals surface area contributed by atoms with E-state index >= 15 is 0 Å². The molecule has 4 rings (SSSR count). The van der Waals surface area contributed by atoms with Crippen molar-refractivity contribution in [3.8, 4) is 0 Å². The van der Waals surface area contributed by atoms with Crippen molar-refractivity contribution in [1.82, 2.24) is 15.2 Å². The lowest BCUT2D eigenvalue weighted by Crippen LogP contribution is -2.19. The standard InChI is InChI=1S/C23H20FN5/c24-21-14-8-7-11-19(21)15-25-23-27-22(16-26-28-23)29(20-12-5-2-6-13-20)17-18-9-3-1-4-10-18/h1-14,16H,15,17H2,(H,25,27,28). The summed E-state index contributed by atoms with van der Waals surface area (Å²) in [5, 5.41) is 11.2. The monoisotopic (exact) mass is 385 g/mol. The first-order valence-corrected chi connectivity index (χ1v) is 9.33. The highest BCUT2D eigenvalue weighted by Crippen LogP contribution is 2.25. The molecule has 0 unspecified atom stereocenters. The van der Waals surface area contributed by atoms with Crippen molar-refractivity contribution in [2.24, 2.45) is 0 Å². The smallest absolute Gasteiger partial charge is 0.244 e. The highest BCUT2D eigenvalue weighted by molar-refractivity contribution is 5.60. The maximum absolute atomic E-state index is 13.9. The Hall–Kier alpha value is -3.80. The van der Waals surface area contributed by atoms with Gasteiger partial charge in [-0.1, -0.05) is 66.7 Å². The lowest BCUT2D eigenvalue weighted by molar-refractivity contribution is 0.612. The number of halogens is 1. The molecular formula is C23H20FN5. The molecule has 4 aromatic rings. The summed E-state index contributed by atoms with van der Waals surface area (Å²) in [6.07, 6.45) is 1.63. The van der Waals surface area contributed by atoms with Crippen molar-refractivity contribution >= 4 is 17.5 Å². The van der Waals surface area contributed by atoms with Crippen molar-refractivity contribution in [2.45, 2.75) is 13.1 Å². The van der Waals surface area contributed by atoms with Crippen LogP contribution in [0, 0.1) is 5.82 Å². The topological polar surface area (TPSA) is 53.9 Å². The molecule has 29 heavy (non-hydrogen) atoms. The zero-order valence-electron chi connectivity index (χ0n) is 15.7. The van der Waals surface area contributed by atoms with Gasteiger partial charge in [0.15, 0.2) is 5.82 Å². The summed E-state index contributed by atoms with van der Waals surface area (Å²) in [6, 6.07) is 26.8. The number of nitrogens with one attached hydrogen (secondary N) is 1. The van der Waals surface area contributed by atoms with Gasteiger partial charge in [0.1, 0.15) is 5.82 Å². The van der Waals surface area contributed by atoms with Crippen LogP contribution in [0.3, 0.4) is 0 Å². The van der Waals surface area contributed by atoms with E-state index in [1.807, 2.05) is 48.5 Å². The lowest BCUT2D eigenvalue weighted by atomic mass is 10.2. The second-order valence-corrected chi connectivity index (χ2v) is 6.49. The minimum atomic E-state index is -0.265. The molecule has 0 atom stereocenters. The molecule has 6 heteroatoms. The summed E-state index contributed by atoms with van der Waals surface area (Å²) < 4.78 is 13.9. The van der Waals surface area contributed by atoms with Crippen LogP contribution in [0.5, 0.6) is 0 Å². The highest BCUT2D eigenvalue weighted by Gasteiger charge is 2.13. The van der Waals surface area contributed by atoms with Crippen LogP contribution < -0.4 is 10.2 Å². The Morgan fingerprint density at radius 1 is 0.828 bits per heavy atom. The summed E-state index contributed by atoms with van der Waals surface area (Å²) in [6.45, 7) is 0.915. The van der Waals surface area contributed by atoms with Crippen molar-refractivity contribution in [2.75, 3.05) is 10.2 Å². The fraction of sp³-hybridized carbons (Fsp3) is 0.0870. The Morgan fingerprint density at radius 2 is 1.52 bits per heavy atom. The van der Waals surface area contributed by atoms with Gasteiger partial charge in [-0.15, -0.1) is 5.10 Å². The molecule has 3 aromatic carbocycles. The summed E-state index contributed by atoms with van der Waals surface area (Å²) in [7, 11) is 0. The first-order valence-electron chi connectivity index (χ1n) is 9.33. The first-order chi connectivity index (χ1) is 14.3. The van der Waals surface area contributed by atoms with E-state index in [0.29, 0.717) is 23.9 Å². The maximum Gasteiger partial charge on any atom is 0.244 e. The molecule has 0 radical (unpaired) electrons. The van der Waals surface area contributed by atoms with Crippen LogP contribution in [-0.4, -0.2) is 15.2 Å². The lowest BCUT2D eigenvalue weighted by Gasteiger charge is -2.24. The van der Waals surface area contributed by atoms with Gasteiger partial charge >= 0.3 is 0 Å². The Bertz CT molecular complexity index is 1060. The fourth-order valence-electron chi connectivity index (χ4n) is 2.99. The van der Waals surface area contributed by atoms with Gasteiger partial charge < -0.3 is 10.2 Å². The number of benzene rings is 3. The quantitative estimate of drug-likeness (QED) is 0.487. The third kappa shape index (κ3) is 4.73. The Labute approximate surface area is 168 Å². The first kappa shape index (κ1) is 18.6. The molecule has 1 N–H and O–H groups in total. The summed E-state index contributed by atoms with van der Waals surface area (Å²) in [5.41, 5.74) is 2.69. The number of nitrogens with zero attached hydrogens (tertiary/aromatic N) is 4. The second-order valence-electron chi connectivity index (χ2n) is 6.49. The minimum Gasteiger partial charge on any atom is -0.349 e. The summed E-state index contributed by atoms with van der Waals surface area (Å²) >= 11 is 0. The number of aromatic nitrogens is 3. The normalized spacial score (nSPS) is 10.5. The number of hydrogen-bond donors (Lipinski definition) is 1. The van der Waals surface area contributed by atoms with E-state index in [1.54, 1.807) is 24.4 Å². The van der Waals surface area contributed by atoms with Gasteiger partial charge in [0.05, 0.1) is 6.20 Å². The van der Waals surface area contributed by atoms with Crippen LogP contribution in [0.1, 0.15) is 11.1 Å². The van der Waals surface area contributed by atoms with E-state index in [9.17, 15) is 4.39 Å². The number of rotatable bonds is 7. The molecule has 0 fully saturated rings. The van der Waals surface area contributed by atoms with Crippen LogP contribution in [-0.2, 0) is 13.1 Å². The highest BCUT2D eigenvalue weighted by atomic mass is 19.1. The average molecular weight is 385 g/mol. The van der Waals surface area contributed by atoms with E-state index < -0.39 is 0 Å². The Kier molecular flexibility index (Phi) is 5.71. The largest absolute Gasteiger partial charge is 0.349 e. The van der Waals surface area contributed by atoms with Gasteiger partial charge in [-0.25, -0.2) is 4.39 Å². The van der Waals surface area contributed by atoms with Crippen molar-refractivity contribution < 1.29 is 4.39 Å². The Balaban J connectivity index is 1.59. The van der Waals surface area contributed by atoms with Crippen LogP contribution in [0.2, 0.25) is 0 Å². The number of hydrogen-bond acceptors (Lipinski definition) is 5. The fourth-order valence-corrected chi connectivity index (χ4v) is 2.99. The molecular weight excluding hydrogens is 365 g/mol. The van der Waals surface area contributed by atoms with Crippen LogP contribution in [0.4, 0.5) is 21.8 Å². The third-order valence-electron chi connectivity index (χ3n) is 4.47. The zero-order valence-corrected chi connectivity index (χ0v) is 15.7. The molecule has 0 amide bonds. The predicted molar refractivity (Wildman–Crippen MR) is 112 cm³/mol. The summed E-state index contributed by atoms with van der Waals surface area (Å²) in [5.74, 6) is 0.741. The zero-order chi connectivity index (χ0) is 19.9. The summed E-state index contributed by atoms with van der Waals surface area (Å²) in [4.78, 5) is 6.68. The molecule has 1 heterocycles. The maximum atomic E-state index is 13.9. The van der Waals surface area contributed by atoms with E-state index in [4.69, 9.17) is 0 Å². The van der Waals surface area contributed by atoms with Gasteiger partial charge in [0.2, 0.25) is 5.95 Å². The molecule has 0 bridgehead atoms. The van der Waals surface area contributed by atoms with Crippen LogP contribution in [0.25, 0.3) is 0 Å². The molecule has 0 saturated heterocycles. The number of para-hydroxylation sites is 1. The molecule has 0 spiro atoms. The van der Waals surface area contributed by atoms with Crippen molar-refractivity contribution in [3.63, 3.8) is 0 Å². The molecule has 0 aliphatic heterocycles. The van der Waals surface area contributed by atoms with E-state index in [-0.39, 0.29) is 12.4 Å². The molecule has 1 aromatic heterocycles.